The molecule has 0 fully saturated rings. The lowest BCUT2D eigenvalue weighted by Crippen LogP contribution is -2.30. The summed E-state index contributed by atoms with van der Waals surface area (Å²) in [7, 11) is 0. The molecule has 0 aliphatic heterocycles. The van der Waals surface area contributed by atoms with Gasteiger partial charge < -0.3 is 5.32 Å². The van der Waals surface area contributed by atoms with Crippen LogP contribution in [0.2, 0.25) is 5.02 Å². The molecule has 1 amide bonds. The first-order valence-electron chi connectivity index (χ1n) is 7.39. The van der Waals surface area contributed by atoms with Crippen LogP contribution in [0.15, 0.2) is 48.5 Å². The molecule has 2 aromatic carbocycles. The Morgan fingerprint density at radius 1 is 1.17 bits per heavy atom. The van der Waals surface area contributed by atoms with Gasteiger partial charge in [0.2, 0.25) is 5.91 Å². The summed E-state index contributed by atoms with van der Waals surface area (Å²) >= 11 is 7.62. The first-order valence-corrected chi connectivity index (χ1v) is 8.71. The van der Waals surface area contributed by atoms with Gasteiger partial charge in [0.05, 0.1) is 5.25 Å². The molecule has 0 radical (unpaired) electrons. The molecule has 0 saturated carbocycles. The predicted molar refractivity (Wildman–Crippen MR) is 95.2 cm³/mol. The SMILES string of the molecule is CC(SC(C)c1ccc(F)cc1)C(=O)NCc1ccccc1Cl. The minimum Gasteiger partial charge on any atom is -0.351 e. The van der Waals surface area contributed by atoms with Gasteiger partial charge in [-0.25, -0.2) is 4.39 Å². The van der Waals surface area contributed by atoms with Crippen molar-refractivity contribution in [3.8, 4) is 0 Å². The van der Waals surface area contributed by atoms with Gasteiger partial charge in [0.25, 0.3) is 0 Å². The van der Waals surface area contributed by atoms with Crippen LogP contribution in [0.4, 0.5) is 4.39 Å². The van der Waals surface area contributed by atoms with Crippen molar-refractivity contribution in [2.45, 2.75) is 30.9 Å². The molecule has 0 bridgehead atoms. The van der Waals surface area contributed by atoms with E-state index in [1.54, 1.807) is 18.2 Å². The zero-order valence-corrected chi connectivity index (χ0v) is 14.6. The second-order valence-corrected chi connectivity index (χ2v) is 7.37. The Kier molecular flexibility index (Phi) is 6.48. The summed E-state index contributed by atoms with van der Waals surface area (Å²) in [6.45, 7) is 4.29. The number of thioether (sulfide) groups is 1. The Morgan fingerprint density at radius 3 is 2.48 bits per heavy atom. The molecule has 2 aromatic rings. The molecule has 0 spiro atoms. The zero-order chi connectivity index (χ0) is 16.8. The molecule has 23 heavy (non-hydrogen) atoms. The van der Waals surface area contributed by atoms with Gasteiger partial charge in [0, 0.05) is 16.8 Å². The first kappa shape index (κ1) is 17.8. The van der Waals surface area contributed by atoms with E-state index in [4.69, 9.17) is 11.6 Å². The molecular weight excluding hydrogens is 333 g/mol. The molecule has 0 saturated heterocycles. The first-order chi connectivity index (χ1) is 11.0. The number of carbonyl (C=O) groups is 1. The minimum absolute atomic E-state index is 0.0381. The fourth-order valence-corrected chi connectivity index (χ4v) is 3.48. The van der Waals surface area contributed by atoms with Gasteiger partial charge in [-0.05, 0) is 43.2 Å². The van der Waals surface area contributed by atoms with E-state index in [0.717, 1.165) is 11.1 Å². The van der Waals surface area contributed by atoms with E-state index in [9.17, 15) is 9.18 Å². The van der Waals surface area contributed by atoms with E-state index in [1.165, 1.54) is 23.9 Å². The summed E-state index contributed by atoms with van der Waals surface area (Å²) in [6, 6.07) is 13.8. The van der Waals surface area contributed by atoms with E-state index in [1.807, 2.05) is 32.0 Å². The third-order valence-electron chi connectivity index (χ3n) is 3.53. The number of benzene rings is 2. The molecule has 0 aliphatic rings. The van der Waals surface area contributed by atoms with E-state index in [0.29, 0.717) is 11.6 Å². The normalized spacial score (nSPS) is 13.4. The van der Waals surface area contributed by atoms with Gasteiger partial charge in [-0.2, -0.15) is 0 Å². The second kappa shape index (κ2) is 8.37. The van der Waals surface area contributed by atoms with Crippen LogP contribution in [0, 0.1) is 5.82 Å². The molecule has 2 nitrogen and oxygen atoms in total. The van der Waals surface area contributed by atoms with Crippen LogP contribution in [-0.4, -0.2) is 11.2 Å². The summed E-state index contributed by atoms with van der Waals surface area (Å²) in [5.74, 6) is -0.291. The molecule has 2 unspecified atom stereocenters. The topological polar surface area (TPSA) is 29.1 Å². The highest BCUT2D eigenvalue weighted by atomic mass is 35.5. The second-order valence-electron chi connectivity index (χ2n) is 5.28. The largest absolute Gasteiger partial charge is 0.351 e. The van der Waals surface area contributed by atoms with Crippen molar-refractivity contribution >= 4 is 29.3 Å². The Hall–Kier alpha value is -1.52. The number of carbonyl (C=O) groups excluding carboxylic acids is 1. The standard InChI is InChI=1S/C18H19ClFNOS/c1-12(14-7-9-16(20)10-8-14)23-13(2)18(22)21-11-15-5-3-4-6-17(15)19/h3-10,12-13H,11H2,1-2H3,(H,21,22). The summed E-state index contributed by atoms with van der Waals surface area (Å²) in [5, 5.41) is 3.44. The maximum absolute atomic E-state index is 13.0. The molecule has 0 heterocycles. The van der Waals surface area contributed by atoms with E-state index in [-0.39, 0.29) is 22.2 Å². The van der Waals surface area contributed by atoms with Crippen molar-refractivity contribution in [2.75, 3.05) is 0 Å². The molecular formula is C18H19ClFNOS. The smallest absolute Gasteiger partial charge is 0.233 e. The van der Waals surface area contributed by atoms with Crippen molar-refractivity contribution in [2.24, 2.45) is 0 Å². The molecule has 2 atom stereocenters. The van der Waals surface area contributed by atoms with Crippen molar-refractivity contribution in [1.82, 2.24) is 5.32 Å². The van der Waals surface area contributed by atoms with Gasteiger partial charge in [-0.3, -0.25) is 4.79 Å². The maximum atomic E-state index is 13.0. The van der Waals surface area contributed by atoms with Crippen molar-refractivity contribution in [3.63, 3.8) is 0 Å². The Balaban J connectivity index is 1.87. The quantitative estimate of drug-likeness (QED) is 0.795. The van der Waals surface area contributed by atoms with E-state index in [2.05, 4.69) is 5.32 Å². The van der Waals surface area contributed by atoms with Gasteiger partial charge in [-0.1, -0.05) is 41.9 Å². The molecule has 0 aliphatic carbocycles. The summed E-state index contributed by atoms with van der Waals surface area (Å²) in [4.78, 5) is 12.2. The Labute approximate surface area is 145 Å². The lowest BCUT2D eigenvalue weighted by Gasteiger charge is -2.17. The van der Waals surface area contributed by atoms with Crippen LogP contribution >= 0.6 is 23.4 Å². The van der Waals surface area contributed by atoms with Crippen molar-refractivity contribution < 1.29 is 9.18 Å². The van der Waals surface area contributed by atoms with Crippen molar-refractivity contribution in [1.29, 1.82) is 0 Å². The number of amides is 1. The summed E-state index contributed by atoms with van der Waals surface area (Å²) in [6.07, 6.45) is 0. The lowest BCUT2D eigenvalue weighted by molar-refractivity contribution is -0.120. The summed E-state index contributed by atoms with van der Waals surface area (Å²) < 4.78 is 13.0. The fraction of sp³-hybridized carbons (Fsp3) is 0.278. The third kappa shape index (κ3) is 5.26. The summed E-state index contributed by atoms with van der Waals surface area (Å²) in [5.41, 5.74) is 1.90. The number of hydrogen-bond donors (Lipinski definition) is 1. The zero-order valence-electron chi connectivity index (χ0n) is 13.1. The highest BCUT2D eigenvalue weighted by molar-refractivity contribution is 8.00. The minimum atomic E-state index is -0.253. The van der Waals surface area contributed by atoms with Gasteiger partial charge in [0.15, 0.2) is 0 Å². The van der Waals surface area contributed by atoms with Crippen LogP contribution in [0.25, 0.3) is 0 Å². The van der Waals surface area contributed by atoms with Crippen LogP contribution in [-0.2, 0) is 11.3 Å². The molecule has 122 valence electrons. The molecule has 0 aromatic heterocycles. The Morgan fingerprint density at radius 2 is 1.83 bits per heavy atom. The van der Waals surface area contributed by atoms with Crippen molar-refractivity contribution in [3.05, 3.63) is 70.5 Å². The molecule has 5 heteroatoms. The average Bonchev–Trinajstić information content (AvgIpc) is 2.54. The van der Waals surface area contributed by atoms with Crippen LogP contribution < -0.4 is 5.32 Å². The van der Waals surface area contributed by atoms with Gasteiger partial charge >= 0.3 is 0 Å². The average molecular weight is 352 g/mol. The van der Waals surface area contributed by atoms with Crippen LogP contribution in [0.3, 0.4) is 0 Å². The highest BCUT2D eigenvalue weighted by Gasteiger charge is 2.18. The predicted octanol–water partition coefficient (Wildman–Crippen LogP) is 4.98. The number of halogens is 2. The van der Waals surface area contributed by atoms with E-state index >= 15 is 0 Å². The third-order valence-corrected chi connectivity index (χ3v) is 5.20. The fourth-order valence-electron chi connectivity index (χ4n) is 2.15. The highest BCUT2D eigenvalue weighted by Crippen LogP contribution is 2.31. The monoisotopic (exact) mass is 351 g/mol. The number of nitrogens with one attached hydrogen (secondary N) is 1. The molecule has 1 N–H and O–H groups in total. The van der Waals surface area contributed by atoms with Crippen LogP contribution in [0.5, 0.6) is 0 Å². The number of hydrogen-bond acceptors (Lipinski definition) is 2. The van der Waals surface area contributed by atoms with Gasteiger partial charge in [0.1, 0.15) is 5.82 Å². The van der Waals surface area contributed by atoms with E-state index < -0.39 is 0 Å². The lowest BCUT2D eigenvalue weighted by atomic mass is 10.2. The van der Waals surface area contributed by atoms with Crippen LogP contribution in [0.1, 0.15) is 30.2 Å². The number of rotatable bonds is 6. The Bertz CT molecular complexity index is 662. The maximum Gasteiger partial charge on any atom is 0.233 e. The molecule has 2 rings (SSSR count). The van der Waals surface area contributed by atoms with Gasteiger partial charge in [-0.15, -0.1) is 11.8 Å².